The molecular formula is C13H16N4O2. The molecule has 19 heavy (non-hydrogen) atoms. The van der Waals surface area contributed by atoms with Crippen molar-refractivity contribution in [1.82, 2.24) is 5.06 Å². The number of hydroxylamine groups is 2. The lowest BCUT2D eigenvalue weighted by molar-refractivity contribution is -0.173. The van der Waals surface area contributed by atoms with Crippen molar-refractivity contribution in [2.45, 2.75) is 13.3 Å². The predicted octanol–water partition coefficient (Wildman–Crippen LogP) is 3.44. The minimum atomic E-state index is -0.369. The minimum absolute atomic E-state index is 0.369. The van der Waals surface area contributed by atoms with E-state index in [1.807, 2.05) is 6.92 Å². The van der Waals surface area contributed by atoms with Crippen LogP contribution in [0.15, 0.2) is 35.0 Å². The summed E-state index contributed by atoms with van der Waals surface area (Å²) in [5.41, 5.74) is 10.3. The Hall–Kier alpha value is -2.30. The van der Waals surface area contributed by atoms with Crippen molar-refractivity contribution >= 4 is 17.7 Å². The van der Waals surface area contributed by atoms with Gasteiger partial charge in [-0.1, -0.05) is 36.3 Å². The molecule has 0 heterocycles. The smallest absolute Gasteiger partial charge is 0.352 e. The fraction of sp³-hybridized carbons (Fsp3) is 0.308. The van der Waals surface area contributed by atoms with E-state index in [9.17, 15) is 4.79 Å². The van der Waals surface area contributed by atoms with Crippen LogP contribution in [0.2, 0.25) is 0 Å². The molecule has 0 fully saturated rings. The van der Waals surface area contributed by atoms with Crippen LogP contribution in [0.1, 0.15) is 18.9 Å². The van der Waals surface area contributed by atoms with E-state index in [1.54, 1.807) is 44.4 Å². The molecule has 100 valence electrons. The molecule has 0 atom stereocenters. The summed E-state index contributed by atoms with van der Waals surface area (Å²) < 4.78 is 0. The van der Waals surface area contributed by atoms with Crippen LogP contribution in [0.25, 0.3) is 16.5 Å². The lowest BCUT2D eigenvalue weighted by Crippen LogP contribution is -2.19. The highest BCUT2D eigenvalue weighted by molar-refractivity contribution is 5.93. The molecule has 1 aromatic rings. The largest absolute Gasteiger partial charge is 0.365 e. The number of carbonyl (C=O) groups is 1. The topological polar surface area (TPSA) is 78.3 Å². The maximum Gasteiger partial charge on any atom is 0.352 e. The number of nitrogens with zero attached hydrogens (tertiary/aromatic N) is 4. The maximum absolute atomic E-state index is 11.8. The number of hydrogen-bond donors (Lipinski definition) is 0. The van der Waals surface area contributed by atoms with Crippen LogP contribution in [-0.2, 0) is 9.63 Å². The molecule has 0 aliphatic heterocycles. The molecule has 6 heteroatoms. The Bertz CT molecular complexity index is 514. The van der Waals surface area contributed by atoms with Crippen LogP contribution < -0.4 is 0 Å². The lowest BCUT2D eigenvalue weighted by Gasteiger charge is -2.11. The van der Waals surface area contributed by atoms with Crippen LogP contribution in [-0.4, -0.2) is 25.1 Å². The summed E-state index contributed by atoms with van der Waals surface area (Å²) in [6.45, 7) is 1.89. The molecule has 0 aliphatic rings. The van der Waals surface area contributed by atoms with Gasteiger partial charge in [0.25, 0.3) is 0 Å². The Morgan fingerprint density at radius 2 is 2.05 bits per heavy atom. The number of benzene rings is 1. The standard InChI is InChI=1S/C13H16N4O2/c1-4-11(13(18)19-17(2)3)9-10-5-7-12(8-6-10)15-16-14/h5-9H,4H2,1-3H3. The van der Waals surface area contributed by atoms with Crippen molar-refractivity contribution in [2.75, 3.05) is 14.1 Å². The monoisotopic (exact) mass is 260 g/mol. The average Bonchev–Trinajstić information content (AvgIpc) is 2.37. The maximum atomic E-state index is 11.8. The van der Waals surface area contributed by atoms with E-state index in [0.29, 0.717) is 17.7 Å². The Labute approximate surface area is 111 Å². The van der Waals surface area contributed by atoms with Crippen molar-refractivity contribution in [3.8, 4) is 0 Å². The summed E-state index contributed by atoms with van der Waals surface area (Å²) >= 11 is 0. The predicted molar refractivity (Wildman–Crippen MR) is 73.3 cm³/mol. The molecule has 0 saturated heterocycles. The molecule has 0 unspecified atom stereocenters. The van der Waals surface area contributed by atoms with Gasteiger partial charge in [0.15, 0.2) is 0 Å². The van der Waals surface area contributed by atoms with E-state index in [-0.39, 0.29) is 5.97 Å². The Kier molecular flexibility index (Phi) is 5.60. The van der Waals surface area contributed by atoms with E-state index >= 15 is 0 Å². The van der Waals surface area contributed by atoms with Crippen molar-refractivity contribution < 1.29 is 9.63 Å². The molecule has 0 aliphatic carbocycles. The second-order valence-electron chi connectivity index (χ2n) is 4.00. The van der Waals surface area contributed by atoms with Crippen LogP contribution >= 0.6 is 0 Å². The highest BCUT2D eigenvalue weighted by Crippen LogP contribution is 2.17. The zero-order valence-corrected chi connectivity index (χ0v) is 11.2. The molecule has 0 amide bonds. The molecule has 0 radical (unpaired) electrons. The van der Waals surface area contributed by atoms with Gasteiger partial charge in [-0.15, -0.1) is 5.06 Å². The van der Waals surface area contributed by atoms with Crippen molar-refractivity contribution in [3.05, 3.63) is 45.8 Å². The summed E-state index contributed by atoms with van der Waals surface area (Å²) in [6, 6.07) is 6.94. The van der Waals surface area contributed by atoms with Crippen molar-refractivity contribution in [1.29, 1.82) is 0 Å². The van der Waals surface area contributed by atoms with Gasteiger partial charge in [-0.05, 0) is 23.6 Å². The van der Waals surface area contributed by atoms with Crippen molar-refractivity contribution in [3.63, 3.8) is 0 Å². The van der Waals surface area contributed by atoms with Gasteiger partial charge in [0, 0.05) is 30.3 Å². The first kappa shape index (κ1) is 14.8. The Balaban J connectivity index is 2.91. The normalized spacial score (nSPS) is 11.1. The molecule has 0 bridgehead atoms. The third-order valence-electron chi connectivity index (χ3n) is 2.30. The first-order chi connectivity index (χ1) is 9.06. The van der Waals surface area contributed by atoms with E-state index in [2.05, 4.69) is 10.0 Å². The number of azide groups is 1. The van der Waals surface area contributed by atoms with Gasteiger partial charge >= 0.3 is 5.97 Å². The van der Waals surface area contributed by atoms with E-state index in [0.717, 1.165) is 5.56 Å². The summed E-state index contributed by atoms with van der Waals surface area (Å²) in [5.74, 6) is -0.369. The highest BCUT2D eigenvalue weighted by atomic mass is 16.7. The van der Waals surface area contributed by atoms with Gasteiger partial charge in [0.2, 0.25) is 0 Å². The zero-order chi connectivity index (χ0) is 14.3. The molecule has 0 aromatic heterocycles. The van der Waals surface area contributed by atoms with Gasteiger partial charge < -0.3 is 4.84 Å². The van der Waals surface area contributed by atoms with Gasteiger partial charge in [-0.2, -0.15) is 0 Å². The zero-order valence-electron chi connectivity index (χ0n) is 11.2. The quantitative estimate of drug-likeness (QED) is 0.267. The Morgan fingerprint density at radius 3 is 2.53 bits per heavy atom. The molecule has 1 aromatic carbocycles. The molecular weight excluding hydrogens is 244 g/mol. The minimum Gasteiger partial charge on any atom is -0.365 e. The van der Waals surface area contributed by atoms with Gasteiger partial charge in [0.05, 0.1) is 0 Å². The summed E-state index contributed by atoms with van der Waals surface area (Å²) in [6.07, 6.45) is 2.33. The Morgan fingerprint density at radius 1 is 1.42 bits per heavy atom. The van der Waals surface area contributed by atoms with Crippen LogP contribution in [0.5, 0.6) is 0 Å². The van der Waals surface area contributed by atoms with Gasteiger partial charge in [0.1, 0.15) is 0 Å². The first-order valence-electron chi connectivity index (χ1n) is 5.82. The third kappa shape index (κ3) is 4.83. The van der Waals surface area contributed by atoms with Crippen LogP contribution in [0.3, 0.4) is 0 Å². The number of rotatable bonds is 5. The van der Waals surface area contributed by atoms with Gasteiger partial charge in [-0.25, -0.2) is 4.79 Å². The summed E-state index contributed by atoms with van der Waals surface area (Å²) in [4.78, 5) is 19.5. The van der Waals surface area contributed by atoms with E-state index in [1.165, 1.54) is 5.06 Å². The third-order valence-corrected chi connectivity index (χ3v) is 2.30. The van der Waals surface area contributed by atoms with Crippen molar-refractivity contribution in [2.24, 2.45) is 5.11 Å². The fourth-order valence-corrected chi connectivity index (χ4v) is 1.42. The molecule has 6 nitrogen and oxygen atoms in total. The van der Waals surface area contributed by atoms with Crippen LogP contribution in [0, 0.1) is 0 Å². The second kappa shape index (κ2) is 7.20. The van der Waals surface area contributed by atoms with Crippen LogP contribution in [0.4, 0.5) is 5.69 Å². The molecule has 0 spiro atoms. The van der Waals surface area contributed by atoms with Gasteiger partial charge in [-0.3, -0.25) is 0 Å². The fourth-order valence-electron chi connectivity index (χ4n) is 1.42. The number of hydrogen-bond acceptors (Lipinski definition) is 4. The summed E-state index contributed by atoms with van der Waals surface area (Å²) in [5, 5.41) is 4.84. The molecule has 0 N–H and O–H groups in total. The second-order valence-corrected chi connectivity index (χ2v) is 4.00. The van der Waals surface area contributed by atoms with E-state index < -0.39 is 0 Å². The lowest BCUT2D eigenvalue weighted by atomic mass is 10.1. The molecule has 0 saturated carbocycles. The molecule has 1 rings (SSSR count). The number of carbonyl (C=O) groups excluding carboxylic acids is 1. The SMILES string of the molecule is CCC(=Cc1ccc(N=[N+]=[N-])cc1)C(=O)ON(C)C. The van der Waals surface area contributed by atoms with E-state index in [4.69, 9.17) is 10.4 Å². The highest BCUT2D eigenvalue weighted by Gasteiger charge is 2.10. The summed E-state index contributed by atoms with van der Waals surface area (Å²) in [7, 11) is 3.31. The first-order valence-corrected chi connectivity index (χ1v) is 5.82. The average molecular weight is 260 g/mol.